The Balaban J connectivity index is 1.76. The van der Waals surface area contributed by atoms with Crippen LogP contribution in [0.1, 0.15) is 34.8 Å². The largest absolute Gasteiger partial charge is 0.462 e. The molecule has 0 spiro atoms. The highest BCUT2D eigenvalue weighted by Gasteiger charge is 2.34. The number of nitrogens with one attached hydrogen (secondary N) is 1. The van der Waals surface area contributed by atoms with Crippen LogP contribution in [0.2, 0.25) is 0 Å². The Bertz CT molecular complexity index is 1030. The van der Waals surface area contributed by atoms with E-state index in [2.05, 4.69) is 10.3 Å². The molecular weight excluding hydrogens is 414 g/mol. The Morgan fingerprint density at radius 2 is 1.90 bits per heavy atom. The monoisotopic (exact) mass is 439 g/mol. The lowest BCUT2D eigenvalue weighted by atomic mass is 10.1. The summed E-state index contributed by atoms with van der Waals surface area (Å²) in [7, 11) is 1.64. The van der Waals surface area contributed by atoms with Gasteiger partial charge in [-0.1, -0.05) is 29.5 Å². The SMILES string of the molecule is CCOC(=O)c1ccc(N=C2S[C@H](C(=O)Nc3ccc(C)cc3C)CC(=O)N2C)cc1. The maximum Gasteiger partial charge on any atom is 0.338 e. The van der Waals surface area contributed by atoms with E-state index in [0.717, 1.165) is 16.8 Å². The van der Waals surface area contributed by atoms with E-state index < -0.39 is 11.2 Å². The summed E-state index contributed by atoms with van der Waals surface area (Å²) in [6.45, 7) is 5.98. The lowest BCUT2D eigenvalue weighted by Crippen LogP contribution is -2.43. The van der Waals surface area contributed by atoms with Gasteiger partial charge in [-0.15, -0.1) is 0 Å². The standard InChI is InChI=1S/C23H25N3O4S/c1-5-30-22(29)16-7-9-17(10-8-16)24-23-26(4)20(27)13-19(31-23)21(28)25-18-11-6-14(2)12-15(18)3/h6-12,19H,5,13H2,1-4H3,(H,25,28)/t19-/m0/s1. The van der Waals surface area contributed by atoms with Gasteiger partial charge in [0.25, 0.3) is 0 Å². The molecule has 8 heteroatoms. The highest BCUT2D eigenvalue weighted by Crippen LogP contribution is 2.29. The highest BCUT2D eigenvalue weighted by atomic mass is 32.2. The van der Waals surface area contributed by atoms with Crippen molar-refractivity contribution in [3.05, 3.63) is 59.2 Å². The summed E-state index contributed by atoms with van der Waals surface area (Å²) in [6.07, 6.45) is 0.0960. The molecule has 0 unspecified atom stereocenters. The van der Waals surface area contributed by atoms with E-state index in [0.29, 0.717) is 23.0 Å². The van der Waals surface area contributed by atoms with Crippen LogP contribution in [0.3, 0.4) is 0 Å². The predicted octanol–water partition coefficient (Wildman–Crippen LogP) is 4.07. The van der Waals surface area contributed by atoms with Gasteiger partial charge in [-0.05, 0) is 56.7 Å². The molecule has 1 aliphatic heterocycles. The fourth-order valence-electron chi connectivity index (χ4n) is 3.06. The Kier molecular flexibility index (Phi) is 7.12. The van der Waals surface area contributed by atoms with E-state index in [1.807, 2.05) is 32.0 Å². The number of benzene rings is 2. The van der Waals surface area contributed by atoms with E-state index >= 15 is 0 Å². The minimum Gasteiger partial charge on any atom is -0.462 e. The molecule has 0 bridgehead atoms. The zero-order chi connectivity index (χ0) is 22.5. The number of carbonyl (C=O) groups is 3. The number of amidine groups is 1. The number of carbonyl (C=O) groups excluding carboxylic acids is 3. The van der Waals surface area contributed by atoms with Crippen molar-refractivity contribution in [2.24, 2.45) is 4.99 Å². The third-order valence-corrected chi connectivity index (χ3v) is 6.05. The second-order valence-corrected chi connectivity index (χ2v) is 8.40. The fraction of sp³-hybridized carbons (Fsp3) is 0.304. The first-order valence-corrected chi connectivity index (χ1v) is 10.8. The van der Waals surface area contributed by atoms with Gasteiger partial charge in [0.05, 0.1) is 17.9 Å². The molecule has 1 aliphatic rings. The maximum absolute atomic E-state index is 12.8. The average molecular weight is 440 g/mol. The minimum atomic E-state index is -0.582. The Morgan fingerprint density at radius 1 is 1.19 bits per heavy atom. The molecule has 1 atom stereocenters. The number of aryl methyl sites for hydroxylation is 2. The molecule has 1 N–H and O–H groups in total. The molecular formula is C23H25N3O4S. The summed E-state index contributed by atoms with van der Waals surface area (Å²) in [5, 5.41) is 2.77. The number of hydrogen-bond donors (Lipinski definition) is 1. The zero-order valence-electron chi connectivity index (χ0n) is 18.0. The fourth-order valence-corrected chi connectivity index (χ4v) is 4.13. The van der Waals surface area contributed by atoms with Crippen LogP contribution in [0.15, 0.2) is 47.5 Å². The Labute approximate surface area is 185 Å². The summed E-state index contributed by atoms with van der Waals surface area (Å²) in [5.41, 5.74) is 3.81. The molecule has 1 fully saturated rings. The van der Waals surface area contributed by atoms with Crippen molar-refractivity contribution in [2.75, 3.05) is 19.0 Å². The Hall–Kier alpha value is -3.13. The number of nitrogens with zero attached hydrogens (tertiary/aromatic N) is 2. The third kappa shape index (κ3) is 5.52. The van der Waals surface area contributed by atoms with E-state index in [4.69, 9.17) is 4.74 Å². The molecule has 2 aromatic rings. The first kappa shape index (κ1) is 22.6. The molecule has 31 heavy (non-hydrogen) atoms. The van der Waals surface area contributed by atoms with E-state index in [1.165, 1.54) is 16.7 Å². The lowest BCUT2D eigenvalue weighted by Gasteiger charge is -2.29. The van der Waals surface area contributed by atoms with Gasteiger partial charge in [0.1, 0.15) is 5.25 Å². The highest BCUT2D eigenvalue weighted by molar-refractivity contribution is 8.15. The van der Waals surface area contributed by atoms with Crippen LogP contribution in [0.25, 0.3) is 0 Å². The van der Waals surface area contributed by atoms with Crippen LogP contribution < -0.4 is 5.32 Å². The van der Waals surface area contributed by atoms with E-state index in [9.17, 15) is 14.4 Å². The molecule has 7 nitrogen and oxygen atoms in total. The van der Waals surface area contributed by atoms with Gasteiger partial charge < -0.3 is 10.1 Å². The van der Waals surface area contributed by atoms with Gasteiger partial charge >= 0.3 is 5.97 Å². The second-order valence-electron chi connectivity index (χ2n) is 7.23. The molecule has 0 saturated carbocycles. The minimum absolute atomic E-state index is 0.0960. The Morgan fingerprint density at radius 3 is 2.55 bits per heavy atom. The van der Waals surface area contributed by atoms with Crippen LogP contribution in [0.4, 0.5) is 11.4 Å². The normalized spacial score (nSPS) is 17.5. The molecule has 0 radical (unpaired) electrons. The summed E-state index contributed by atoms with van der Waals surface area (Å²) in [6, 6.07) is 12.4. The number of ether oxygens (including phenoxy) is 1. The first-order chi connectivity index (χ1) is 14.8. The summed E-state index contributed by atoms with van der Waals surface area (Å²) < 4.78 is 4.98. The summed E-state index contributed by atoms with van der Waals surface area (Å²) in [4.78, 5) is 43.1. The quantitative estimate of drug-likeness (QED) is 0.710. The third-order valence-electron chi connectivity index (χ3n) is 4.80. The summed E-state index contributed by atoms with van der Waals surface area (Å²) >= 11 is 1.24. The van der Waals surface area contributed by atoms with Crippen LogP contribution in [0, 0.1) is 13.8 Å². The van der Waals surface area contributed by atoms with Crippen molar-refractivity contribution in [1.29, 1.82) is 0 Å². The molecule has 1 saturated heterocycles. The number of thioether (sulfide) groups is 1. The van der Waals surface area contributed by atoms with Crippen molar-refractivity contribution in [3.63, 3.8) is 0 Å². The molecule has 0 aliphatic carbocycles. The molecule has 1 heterocycles. The summed E-state index contributed by atoms with van der Waals surface area (Å²) in [5.74, 6) is -0.811. The first-order valence-electron chi connectivity index (χ1n) is 9.95. The molecule has 2 aromatic carbocycles. The van der Waals surface area contributed by atoms with Crippen LogP contribution in [-0.2, 0) is 14.3 Å². The number of aliphatic imine (C=N–C) groups is 1. The van der Waals surface area contributed by atoms with Gasteiger partial charge in [0, 0.05) is 19.2 Å². The van der Waals surface area contributed by atoms with Crippen molar-refractivity contribution >= 4 is 46.1 Å². The van der Waals surface area contributed by atoms with Crippen LogP contribution >= 0.6 is 11.8 Å². The second kappa shape index (κ2) is 9.78. The van der Waals surface area contributed by atoms with Crippen molar-refractivity contribution < 1.29 is 19.1 Å². The van der Waals surface area contributed by atoms with E-state index in [1.54, 1.807) is 38.2 Å². The topological polar surface area (TPSA) is 88.1 Å². The van der Waals surface area contributed by atoms with Gasteiger partial charge in [0.2, 0.25) is 11.8 Å². The predicted molar refractivity (Wildman–Crippen MR) is 123 cm³/mol. The van der Waals surface area contributed by atoms with Gasteiger partial charge in [-0.2, -0.15) is 0 Å². The van der Waals surface area contributed by atoms with Gasteiger partial charge in [-0.25, -0.2) is 9.79 Å². The zero-order valence-corrected chi connectivity index (χ0v) is 18.8. The average Bonchev–Trinajstić information content (AvgIpc) is 2.74. The number of amides is 2. The number of anilines is 1. The number of rotatable bonds is 5. The van der Waals surface area contributed by atoms with Gasteiger partial charge in [-0.3, -0.25) is 14.5 Å². The molecule has 3 rings (SSSR count). The number of esters is 1. The smallest absolute Gasteiger partial charge is 0.338 e. The molecule has 162 valence electrons. The molecule has 2 amide bonds. The van der Waals surface area contributed by atoms with Crippen molar-refractivity contribution in [1.82, 2.24) is 4.90 Å². The van der Waals surface area contributed by atoms with Crippen molar-refractivity contribution in [2.45, 2.75) is 32.4 Å². The van der Waals surface area contributed by atoms with Crippen LogP contribution in [0.5, 0.6) is 0 Å². The maximum atomic E-state index is 12.8. The molecule has 0 aromatic heterocycles. The van der Waals surface area contributed by atoms with Crippen molar-refractivity contribution in [3.8, 4) is 0 Å². The van der Waals surface area contributed by atoms with Crippen LogP contribution in [-0.4, -0.2) is 46.8 Å². The lowest BCUT2D eigenvalue weighted by molar-refractivity contribution is -0.128. The van der Waals surface area contributed by atoms with E-state index in [-0.39, 0.29) is 18.2 Å². The number of hydrogen-bond acceptors (Lipinski definition) is 6. The van der Waals surface area contributed by atoms with Gasteiger partial charge in [0.15, 0.2) is 5.17 Å².